The van der Waals surface area contributed by atoms with Gasteiger partial charge in [0.05, 0.1) is 17.3 Å². The molecule has 33 heavy (non-hydrogen) atoms. The number of carboxylic acid groups (broad SMARTS) is 1. The van der Waals surface area contributed by atoms with Crippen LogP contribution in [0.25, 0.3) is 11.3 Å². The van der Waals surface area contributed by atoms with Crippen LogP contribution in [-0.4, -0.2) is 23.2 Å². The number of amides is 1. The van der Waals surface area contributed by atoms with Crippen molar-refractivity contribution in [3.05, 3.63) is 113 Å². The molecule has 0 aliphatic carbocycles. The molecule has 4 rings (SSSR count). The molecule has 0 fully saturated rings. The number of furan rings is 1. The van der Waals surface area contributed by atoms with Crippen LogP contribution in [0.2, 0.25) is 0 Å². The van der Waals surface area contributed by atoms with Gasteiger partial charge in [-0.05, 0) is 42.0 Å². The minimum Gasteiger partial charge on any atom is -0.488 e. The molecule has 4 aromatic rings. The maximum Gasteiger partial charge on any atom is 0.335 e. The number of nitrogens with zero attached hydrogens (tertiary/aromatic N) is 1. The summed E-state index contributed by atoms with van der Waals surface area (Å²) in [5, 5.41) is 13.0. The van der Waals surface area contributed by atoms with Crippen molar-refractivity contribution < 1.29 is 23.8 Å². The van der Waals surface area contributed by atoms with Gasteiger partial charge in [-0.3, -0.25) is 4.79 Å². The van der Waals surface area contributed by atoms with Crippen LogP contribution < -0.4 is 10.2 Å². The van der Waals surface area contributed by atoms with E-state index in [4.69, 9.17) is 14.3 Å². The van der Waals surface area contributed by atoms with Gasteiger partial charge < -0.3 is 14.3 Å². The zero-order valence-electron chi connectivity index (χ0n) is 17.5. The summed E-state index contributed by atoms with van der Waals surface area (Å²) in [6, 6.07) is 26.4. The van der Waals surface area contributed by atoms with Crippen LogP contribution in [0.15, 0.2) is 101 Å². The second kappa shape index (κ2) is 10.1. The van der Waals surface area contributed by atoms with Crippen molar-refractivity contribution in [2.45, 2.75) is 6.61 Å². The zero-order valence-corrected chi connectivity index (χ0v) is 17.5. The number of benzene rings is 3. The molecule has 2 N–H and O–H groups in total. The van der Waals surface area contributed by atoms with Gasteiger partial charge in [-0.2, -0.15) is 5.10 Å². The van der Waals surface area contributed by atoms with Crippen molar-refractivity contribution in [2.24, 2.45) is 5.10 Å². The van der Waals surface area contributed by atoms with Crippen LogP contribution in [0.4, 0.5) is 0 Å². The summed E-state index contributed by atoms with van der Waals surface area (Å²) in [4.78, 5) is 23.6. The Morgan fingerprint density at radius 2 is 1.64 bits per heavy atom. The van der Waals surface area contributed by atoms with Crippen molar-refractivity contribution >= 4 is 18.1 Å². The summed E-state index contributed by atoms with van der Waals surface area (Å²) in [7, 11) is 0. The quantitative estimate of drug-likeness (QED) is 0.297. The van der Waals surface area contributed by atoms with Crippen LogP contribution in [-0.2, 0) is 6.61 Å². The van der Waals surface area contributed by atoms with Gasteiger partial charge in [-0.25, -0.2) is 10.2 Å². The number of hydrazone groups is 1. The highest BCUT2D eigenvalue weighted by atomic mass is 16.5. The second-order valence-electron chi connectivity index (χ2n) is 7.05. The first-order chi connectivity index (χ1) is 16.1. The molecular formula is C26H20N2O5. The van der Waals surface area contributed by atoms with Crippen molar-refractivity contribution in [2.75, 3.05) is 0 Å². The highest BCUT2D eigenvalue weighted by molar-refractivity contribution is 5.97. The zero-order chi connectivity index (χ0) is 23.0. The van der Waals surface area contributed by atoms with Gasteiger partial charge in [0.1, 0.15) is 23.9 Å². The molecule has 0 spiro atoms. The maximum atomic E-state index is 12.6. The van der Waals surface area contributed by atoms with Gasteiger partial charge in [0.2, 0.25) is 0 Å². The van der Waals surface area contributed by atoms with Gasteiger partial charge in [0.15, 0.2) is 0 Å². The number of ether oxygens (including phenoxy) is 1. The molecule has 0 atom stereocenters. The molecule has 0 aliphatic heterocycles. The average Bonchev–Trinajstić information content (AvgIpc) is 3.32. The van der Waals surface area contributed by atoms with Crippen LogP contribution in [0.5, 0.6) is 5.75 Å². The van der Waals surface area contributed by atoms with E-state index in [2.05, 4.69) is 10.5 Å². The molecule has 0 unspecified atom stereocenters. The van der Waals surface area contributed by atoms with E-state index in [1.54, 1.807) is 48.5 Å². The third kappa shape index (κ3) is 5.54. The molecule has 0 aliphatic rings. The van der Waals surface area contributed by atoms with Crippen LogP contribution in [0, 0.1) is 0 Å². The first-order valence-corrected chi connectivity index (χ1v) is 10.1. The monoisotopic (exact) mass is 440 g/mol. The number of carbonyl (C=O) groups excluding carboxylic acids is 1. The molecule has 164 valence electrons. The van der Waals surface area contributed by atoms with Crippen molar-refractivity contribution in [1.82, 2.24) is 5.43 Å². The molecule has 7 nitrogen and oxygen atoms in total. The number of para-hydroxylation sites is 1. The topological polar surface area (TPSA) is 101 Å². The number of rotatable bonds is 8. The maximum absolute atomic E-state index is 12.6. The number of hydrogen-bond donors (Lipinski definition) is 2. The fraction of sp³-hybridized carbons (Fsp3) is 0.0385. The smallest absolute Gasteiger partial charge is 0.335 e. The summed E-state index contributed by atoms with van der Waals surface area (Å²) in [5.74, 6) is 0.0438. The van der Waals surface area contributed by atoms with Crippen LogP contribution >= 0.6 is 0 Å². The molecule has 0 saturated heterocycles. The highest BCUT2D eigenvalue weighted by Crippen LogP contribution is 2.22. The Balaban J connectivity index is 1.38. The van der Waals surface area contributed by atoms with Crippen molar-refractivity contribution in [1.29, 1.82) is 0 Å². The first-order valence-electron chi connectivity index (χ1n) is 10.1. The molecule has 3 aromatic carbocycles. The lowest BCUT2D eigenvalue weighted by molar-refractivity contribution is 0.0696. The van der Waals surface area contributed by atoms with E-state index >= 15 is 0 Å². The van der Waals surface area contributed by atoms with Gasteiger partial charge in [-0.1, -0.05) is 54.6 Å². The lowest BCUT2D eigenvalue weighted by Crippen LogP contribution is -2.18. The summed E-state index contributed by atoms with van der Waals surface area (Å²) in [6.07, 6.45) is 1.39. The first kappa shape index (κ1) is 21.6. The van der Waals surface area contributed by atoms with Crippen molar-refractivity contribution in [3.63, 3.8) is 0 Å². The fourth-order valence-electron chi connectivity index (χ4n) is 3.08. The lowest BCUT2D eigenvalue weighted by Gasteiger charge is -2.10. The minimum absolute atomic E-state index is 0.197. The van der Waals surface area contributed by atoms with E-state index in [1.807, 2.05) is 30.3 Å². The lowest BCUT2D eigenvalue weighted by atomic mass is 10.1. The van der Waals surface area contributed by atoms with E-state index in [9.17, 15) is 9.59 Å². The van der Waals surface area contributed by atoms with E-state index < -0.39 is 11.9 Å². The molecule has 0 bridgehead atoms. The highest BCUT2D eigenvalue weighted by Gasteiger charge is 2.12. The number of carbonyl (C=O) groups is 2. The molecule has 0 radical (unpaired) electrons. The van der Waals surface area contributed by atoms with Gasteiger partial charge in [-0.15, -0.1) is 0 Å². The number of aromatic carboxylic acids is 1. The second-order valence-corrected chi connectivity index (χ2v) is 7.05. The Hall–Kier alpha value is -4.65. The molecule has 0 saturated carbocycles. The average molecular weight is 440 g/mol. The fourth-order valence-corrected chi connectivity index (χ4v) is 3.08. The third-order valence-electron chi connectivity index (χ3n) is 4.77. The van der Waals surface area contributed by atoms with Crippen molar-refractivity contribution in [3.8, 4) is 17.1 Å². The normalized spacial score (nSPS) is 10.8. The van der Waals surface area contributed by atoms with Gasteiger partial charge in [0, 0.05) is 5.56 Å². The summed E-state index contributed by atoms with van der Waals surface area (Å²) in [6.45, 7) is 0.344. The Morgan fingerprint density at radius 3 is 2.39 bits per heavy atom. The largest absolute Gasteiger partial charge is 0.488 e. The molecule has 1 heterocycles. The summed E-state index contributed by atoms with van der Waals surface area (Å²) in [5.41, 5.74) is 4.77. The molecular weight excluding hydrogens is 420 g/mol. The molecule has 1 aromatic heterocycles. The van der Waals surface area contributed by atoms with E-state index in [0.717, 1.165) is 11.1 Å². The van der Waals surface area contributed by atoms with Crippen LogP contribution in [0.1, 0.15) is 32.0 Å². The van der Waals surface area contributed by atoms with E-state index in [0.29, 0.717) is 29.4 Å². The standard InChI is InChI=1S/C26H20N2O5/c29-25(22-8-4-5-9-24(22)32-17-18-6-2-1-3-7-18)28-27-16-21-14-15-23(33-21)19-10-12-20(13-11-19)26(30)31/h1-16H,17H2,(H,28,29)(H,30,31)/b27-16+. The third-order valence-corrected chi connectivity index (χ3v) is 4.77. The number of carboxylic acids is 1. The van der Waals surface area contributed by atoms with E-state index in [1.165, 1.54) is 18.3 Å². The van der Waals surface area contributed by atoms with E-state index in [-0.39, 0.29) is 5.56 Å². The Kier molecular flexibility index (Phi) is 6.61. The summed E-state index contributed by atoms with van der Waals surface area (Å²) >= 11 is 0. The molecule has 7 heteroatoms. The Bertz CT molecular complexity index is 1280. The predicted octanol–water partition coefficient (Wildman–Crippen LogP) is 4.99. The van der Waals surface area contributed by atoms with Gasteiger partial charge >= 0.3 is 5.97 Å². The molecule has 1 amide bonds. The Labute approximate surface area is 190 Å². The van der Waals surface area contributed by atoms with Crippen LogP contribution in [0.3, 0.4) is 0 Å². The Morgan fingerprint density at radius 1 is 0.909 bits per heavy atom. The minimum atomic E-state index is -0.989. The number of nitrogens with one attached hydrogen (secondary N) is 1. The van der Waals surface area contributed by atoms with Gasteiger partial charge in [0.25, 0.3) is 5.91 Å². The summed E-state index contributed by atoms with van der Waals surface area (Å²) < 4.78 is 11.5. The SMILES string of the molecule is O=C(O)c1ccc(-c2ccc(/C=N/NC(=O)c3ccccc3OCc3ccccc3)o2)cc1. The number of hydrogen-bond acceptors (Lipinski definition) is 5. The predicted molar refractivity (Wildman–Crippen MR) is 123 cm³/mol.